The fraction of sp³-hybridized carbons (Fsp3) is 0.0909. The van der Waals surface area contributed by atoms with E-state index in [4.69, 9.17) is 0 Å². The first-order valence-corrected chi connectivity index (χ1v) is 9.66. The molecule has 0 N–H and O–H groups in total. The quantitative estimate of drug-likeness (QED) is 0.253. The fourth-order valence-electron chi connectivity index (χ4n) is 3.51. The van der Waals surface area contributed by atoms with Crippen molar-refractivity contribution in [2.75, 3.05) is 0 Å². The Balaban J connectivity index is 1.93. The summed E-state index contributed by atoms with van der Waals surface area (Å²) in [5.74, 6) is 0. The van der Waals surface area contributed by atoms with E-state index in [0.717, 1.165) is 4.47 Å². The zero-order chi connectivity index (χ0) is 16.4. The molecule has 0 aliphatic heterocycles. The average molecular weight is 391 g/mol. The van der Waals surface area contributed by atoms with Crippen LogP contribution in [-0.2, 0) is 0 Å². The molecule has 0 fully saturated rings. The van der Waals surface area contributed by atoms with E-state index in [1.165, 1.54) is 52.8 Å². The molecule has 0 unspecified atom stereocenters. The van der Waals surface area contributed by atoms with Crippen LogP contribution in [0.2, 0.25) is 0 Å². The van der Waals surface area contributed by atoms with Crippen LogP contribution in [0.4, 0.5) is 0 Å². The number of halogens is 1. The molecule has 0 radical (unpaired) electrons. The van der Waals surface area contributed by atoms with Crippen LogP contribution in [0.1, 0.15) is 11.1 Å². The Morgan fingerprint density at radius 1 is 0.625 bits per heavy atom. The Morgan fingerprint density at radius 3 is 1.83 bits per heavy atom. The van der Waals surface area contributed by atoms with Crippen LogP contribution in [0.5, 0.6) is 0 Å². The molecule has 0 atom stereocenters. The molecule has 0 spiro atoms. The van der Waals surface area contributed by atoms with E-state index in [1.807, 2.05) is 11.3 Å². The number of benzene rings is 4. The minimum atomic E-state index is 1.13. The second-order valence-electron chi connectivity index (χ2n) is 6.57. The van der Waals surface area contributed by atoms with Crippen LogP contribution in [-0.4, -0.2) is 0 Å². The smallest absolute Gasteiger partial charge is 0.0361 e. The molecule has 0 aliphatic carbocycles. The van der Waals surface area contributed by atoms with Gasteiger partial charge in [-0.05, 0) is 82.9 Å². The highest BCUT2D eigenvalue weighted by atomic mass is 79.9. The number of hydrogen-bond donors (Lipinski definition) is 0. The van der Waals surface area contributed by atoms with Crippen molar-refractivity contribution in [3.63, 3.8) is 0 Å². The molecule has 24 heavy (non-hydrogen) atoms. The van der Waals surface area contributed by atoms with Crippen molar-refractivity contribution >= 4 is 69.0 Å². The molecule has 5 rings (SSSR count). The highest BCUT2D eigenvalue weighted by Crippen LogP contribution is 2.39. The van der Waals surface area contributed by atoms with Crippen LogP contribution >= 0.6 is 27.3 Å². The maximum atomic E-state index is 3.58. The summed E-state index contributed by atoms with van der Waals surface area (Å²) in [5, 5.41) is 8.00. The molecule has 4 aromatic carbocycles. The van der Waals surface area contributed by atoms with Crippen LogP contribution in [0.25, 0.3) is 41.7 Å². The minimum Gasteiger partial charge on any atom is -0.135 e. The lowest BCUT2D eigenvalue weighted by atomic mass is 10.00. The number of hydrogen-bond acceptors (Lipinski definition) is 1. The Bertz CT molecular complexity index is 1280. The van der Waals surface area contributed by atoms with Gasteiger partial charge in [-0.1, -0.05) is 34.1 Å². The molecule has 1 aromatic heterocycles. The molecule has 0 bridgehead atoms. The Morgan fingerprint density at radius 2 is 1.17 bits per heavy atom. The van der Waals surface area contributed by atoms with Gasteiger partial charge in [0.05, 0.1) is 0 Å². The molecule has 2 heteroatoms. The van der Waals surface area contributed by atoms with Gasteiger partial charge in [-0.25, -0.2) is 0 Å². The van der Waals surface area contributed by atoms with Gasteiger partial charge < -0.3 is 0 Å². The van der Waals surface area contributed by atoms with Crippen molar-refractivity contribution in [2.45, 2.75) is 13.8 Å². The molecule has 0 nitrogen and oxygen atoms in total. The maximum Gasteiger partial charge on any atom is 0.0361 e. The molecule has 0 saturated heterocycles. The van der Waals surface area contributed by atoms with Gasteiger partial charge in [0.2, 0.25) is 0 Å². The van der Waals surface area contributed by atoms with E-state index in [1.54, 1.807) is 0 Å². The first kappa shape index (κ1) is 14.4. The van der Waals surface area contributed by atoms with Gasteiger partial charge in [0, 0.05) is 24.6 Å². The van der Waals surface area contributed by atoms with Gasteiger partial charge in [0.1, 0.15) is 0 Å². The highest BCUT2D eigenvalue weighted by molar-refractivity contribution is 9.10. The molecule has 1 heterocycles. The zero-order valence-electron chi connectivity index (χ0n) is 13.5. The van der Waals surface area contributed by atoms with E-state index in [2.05, 4.69) is 84.4 Å². The largest absolute Gasteiger partial charge is 0.135 e. The minimum absolute atomic E-state index is 1.13. The second kappa shape index (κ2) is 5.05. The average Bonchev–Trinajstić information content (AvgIpc) is 2.88. The van der Waals surface area contributed by atoms with Gasteiger partial charge in [0.25, 0.3) is 0 Å². The van der Waals surface area contributed by atoms with Crippen molar-refractivity contribution in [3.05, 3.63) is 70.2 Å². The monoisotopic (exact) mass is 390 g/mol. The third kappa shape index (κ3) is 2.10. The third-order valence-electron chi connectivity index (χ3n) is 4.96. The Kier molecular flexibility index (Phi) is 3.04. The topological polar surface area (TPSA) is 0 Å². The van der Waals surface area contributed by atoms with Gasteiger partial charge in [0.15, 0.2) is 0 Å². The lowest BCUT2D eigenvalue weighted by molar-refractivity contribution is 1.37. The SMILES string of the molecule is Cc1cc2cc3sc4cc5cc(Br)ccc5cc4c3cc2cc1C. The van der Waals surface area contributed by atoms with Crippen molar-refractivity contribution in [2.24, 2.45) is 0 Å². The van der Waals surface area contributed by atoms with Crippen LogP contribution in [0.15, 0.2) is 59.1 Å². The Hall–Kier alpha value is -1.90. The Labute approximate surface area is 152 Å². The van der Waals surface area contributed by atoms with Crippen molar-refractivity contribution in [3.8, 4) is 0 Å². The predicted octanol–water partition coefficient (Wildman–Crippen LogP) is 7.74. The van der Waals surface area contributed by atoms with Crippen LogP contribution in [0, 0.1) is 13.8 Å². The zero-order valence-corrected chi connectivity index (χ0v) is 15.9. The molecule has 0 aliphatic rings. The summed E-state index contributed by atoms with van der Waals surface area (Å²) in [6, 6.07) is 20.5. The number of rotatable bonds is 0. The molecule has 5 aromatic rings. The van der Waals surface area contributed by atoms with Crippen LogP contribution in [0.3, 0.4) is 0 Å². The summed E-state index contributed by atoms with van der Waals surface area (Å²) in [7, 11) is 0. The van der Waals surface area contributed by atoms with Crippen LogP contribution < -0.4 is 0 Å². The molecular weight excluding hydrogens is 376 g/mol. The fourth-order valence-corrected chi connectivity index (χ4v) is 5.06. The lowest BCUT2D eigenvalue weighted by Crippen LogP contribution is -1.81. The first-order chi connectivity index (χ1) is 11.6. The van der Waals surface area contributed by atoms with E-state index in [0.29, 0.717) is 0 Å². The number of thiophene rings is 1. The summed E-state index contributed by atoms with van der Waals surface area (Å²) in [4.78, 5) is 0. The first-order valence-electron chi connectivity index (χ1n) is 8.05. The standard InChI is InChI=1S/C22H15BrS/c1-12-5-15-9-20-19-8-14-3-4-18(23)7-17(14)11-22(19)24-21(20)10-16(15)6-13(12)2/h3-11H,1-2H3. The van der Waals surface area contributed by atoms with E-state index >= 15 is 0 Å². The molecule has 0 amide bonds. The summed E-state index contributed by atoms with van der Waals surface area (Å²) in [6.07, 6.45) is 0. The summed E-state index contributed by atoms with van der Waals surface area (Å²) in [5.41, 5.74) is 2.72. The molecule has 0 saturated carbocycles. The third-order valence-corrected chi connectivity index (χ3v) is 6.57. The van der Waals surface area contributed by atoms with Gasteiger partial charge in [-0.3, -0.25) is 0 Å². The second-order valence-corrected chi connectivity index (χ2v) is 8.57. The lowest BCUT2D eigenvalue weighted by Gasteiger charge is -2.04. The van der Waals surface area contributed by atoms with E-state index in [9.17, 15) is 0 Å². The van der Waals surface area contributed by atoms with Crippen molar-refractivity contribution in [1.82, 2.24) is 0 Å². The van der Waals surface area contributed by atoms with E-state index < -0.39 is 0 Å². The van der Waals surface area contributed by atoms with Crippen molar-refractivity contribution < 1.29 is 0 Å². The van der Waals surface area contributed by atoms with Crippen molar-refractivity contribution in [1.29, 1.82) is 0 Å². The number of aryl methyl sites for hydroxylation is 2. The number of fused-ring (bicyclic) bond motifs is 5. The predicted molar refractivity (Wildman–Crippen MR) is 112 cm³/mol. The molecular formula is C22H15BrS. The molecule has 116 valence electrons. The van der Waals surface area contributed by atoms with Gasteiger partial charge in [-0.15, -0.1) is 11.3 Å². The van der Waals surface area contributed by atoms with Gasteiger partial charge in [-0.2, -0.15) is 0 Å². The normalized spacial score (nSPS) is 12.0. The highest BCUT2D eigenvalue weighted by Gasteiger charge is 2.09. The summed E-state index contributed by atoms with van der Waals surface area (Å²) < 4.78 is 3.86. The van der Waals surface area contributed by atoms with Gasteiger partial charge >= 0.3 is 0 Å². The summed E-state index contributed by atoms with van der Waals surface area (Å²) in [6.45, 7) is 4.38. The van der Waals surface area contributed by atoms with E-state index in [-0.39, 0.29) is 0 Å². The summed E-state index contributed by atoms with van der Waals surface area (Å²) >= 11 is 5.47. The maximum absolute atomic E-state index is 3.58.